The highest BCUT2D eigenvalue weighted by atomic mass is 79.9. The number of carboxylic acids is 3. The van der Waals surface area contributed by atoms with Crippen LogP contribution in [0.4, 0.5) is 46.5 Å². The summed E-state index contributed by atoms with van der Waals surface area (Å²) >= 11 is 3.25. The number of halogens is 9. The number of anilines is 1. The largest absolute Gasteiger partial charge is 0.480 e. The van der Waals surface area contributed by atoms with Gasteiger partial charge in [-0.2, -0.15) is 35.1 Å². The highest BCUT2D eigenvalue weighted by Gasteiger charge is 2.75. The predicted molar refractivity (Wildman–Crippen MR) is 411 cm³/mol. The minimum absolute atomic E-state index is 0.00523. The second-order valence-electron chi connectivity index (χ2n) is 31.6. The van der Waals surface area contributed by atoms with E-state index in [0.29, 0.717) is 77.6 Å². The quantitative estimate of drug-likeness (QED) is 0.00949. The molecule has 40 heteroatoms. The van der Waals surface area contributed by atoms with Crippen LogP contribution in [0, 0.1) is 10.1 Å². The molecule has 0 amide bonds. The fourth-order valence-electron chi connectivity index (χ4n) is 11.0. The first-order chi connectivity index (χ1) is 53.5. The Kier molecular flexibility index (Phi) is 40.4. The third-order valence-electron chi connectivity index (χ3n) is 16.7. The Morgan fingerprint density at radius 3 is 0.974 bits per heavy atom. The average molecular weight is 1730 g/mol. The lowest BCUT2D eigenvalue weighted by molar-refractivity contribution is -0.384. The van der Waals surface area contributed by atoms with Crippen molar-refractivity contribution in [2.45, 2.75) is 154 Å². The van der Waals surface area contributed by atoms with Gasteiger partial charge in [-0.25, -0.2) is 14.4 Å². The zero-order valence-corrected chi connectivity index (χ0v) is 69.1. The molecule has 0 unspecified atom stereocenters. The van der Waals surface area contributed by atoms with Crippen LogP contribution in [0.15, 0.2) is 72.8 Å². The van der Waals surface area contributed by atoms with E-state index >= 15 is 0 Å². The van der Waals surface area contributed by atoms with Gasteiger partial charge in [0.25, 0.3) is 5.69 Å². The molecule has 0 radical (unpaired) electrons. The molecule has 4 aliphatic heterocycles. The molecule has 7 rings (SSSR count). The monoisotopic (exact) mass is 1730 g/mol. The summed E-state index contributed by atoms with van der Waals surface area (Å²) in [5.74, 6) is -34.2. The Bertz CT molecular complexity index is 3580. The van der Waals surface area contributed by atoms with Gasteiger partial charge in [0.1, 0.15) is 22.4 Å². The third kappa shape index (κ3) is 38.7. The van der Waals surface area contributed by atoms with Crippen molar-refractivity contribution in [1.82, 2.24) is 44.5 Å². The van der Waals surface area contributed by atoms with E-state index in [9.17, 15) is 93.2 Å². The van der Waals surface area contributed by atoms with E-state index in [1.807, 2.05) is 112 Å². The number of nitro benzene ring substituents is 1. The molecule has 0 saturated carbocycles. The van der Waals surface area contributed by atoms with Crippen molar-refractivity contribution in [2.75, 3.05) is 163 Å². The van der Waals surface area contributed by atoms with Crippen molar-refractivity contribution in [3.63, 3.8) is 0 Å². The maximum absolute atomic E-state index is 13.7. The van der Waals surface area contributed by atoms with Crippen LogP contribution in [0.1, 0.15) is 105 Å². The first-order valence-corrected chi connectivity index (χ1v) is 38.2. The number of nitrogens with one attached hydrogen (secondary N) is 1. The van der Waals surface area contributed by atoms with Gasteiger partial charge in [0, 0.05) is 160 Å². The van der Waals surface area contributed by atoms with E-state index < -0.39 is 93.1 Å². The number of cyclic esters (lactones) is 2. The van der Waals surface area contributed by atoms with Crippen LogP contribution >= 0.6 is 15.9 Å². The topological polar surface area (TPSA) is 385 Å². The maximum atomic E-state index is 13.7. The number of nitrogen functional groups attached to an aromatic ring is 1. The Labute approximate surface area is 677 Å². The molecule has 0 spiro atoms. The minimum Gasteiger partial charge on any atom is -0.480 e. The van der Waals surface area contributed by atoms with Crippen LogP contribution in [0.5, 0.6) is 0 Å². The summed E-state index contributed by atoms with van der Waals surface area (Å²) in [6.07, 6.45) is -1.09. The molecule has 0 bridgehead atoms. The van der Waals surface area contributed by atoms with Crippen LogP contribution < -0.4 is 11.1 Å². The van der Waals surface area contributed by atoms with Gasteiger partial charge in [-0.15, -0.1) is 0 Å². The lowest BCUT2D eigenvalue weighted by Crippen LogP contribution is -2.52. The van der Waals surface area contributed by atoms with Gasteiger partial charge in [0.05, 0.1) is 44.2 Å². The molecular formula is C76H110BrF8N11O20. The number of benzene rings is 3. The molecule has 116 heavy (non-hydrogen) atoms. The van der Waals surface area contributed by atoms with E-state index in [0.717, 1.165) is 75.5 Å². The number of esters is 6. The maximum Gasteiger partial charge on any atom is 0.416 e. The van der Waals surface area contributed by atoms with Crippen molar-refractivity contribution in [1.29, 1.82) is 0 Å². The fourth-order valence-corrected chi connectivity index (χ4v) is 11.4. The summed E-state index contributed by atoms with van der Waals surface area (Å²) in [5.41, 5.74) is 7.63. The molecule has 0 aliphatic carbocycles. The van der Waals surface area contributed by atoms with E-state index in [1.54, 1.807) is 21.9 Å². The number of hydrogen-bond donors (Lipinski definition) is 5. The number of alkyl halides is 9. The first-order valence-electron chi connectivity index (χ1n) is 37.1. The molecule has 3 aromatic carbocycles. The number of hydrogen-bond acceptors (Lipinski definition) is 27. The summed E-state index contributed by atoms with van der Waals surface area (Å²) in [4.78, 5) is 139. The molecule has 0 aromatic heterocycles. The van der Waals surface area contributed by atoms with Crippen molar-refractivity contribution >= 4 is 86.8 Å². The zero-order valence-electron chi connectivity index (χ0n) is 67.5. The van der Waals surface area contributed by atoms with E-state index in [4.69, 9.17) is 40.0 Å². The van der Waals surface area contributed by atoms with Crippen molar-refractivity contribution < 1.29 is 127 Å². The standard InChI is InChI=1S/C25H42N4O4.C22H27F4N3O7.C18H35N3O4.C7H6BrNO2.C4F4O3/c1-24(2,3)32-22(30)18-28-13-11-27(17-20-7-9-21(26)10-8-20)12-14-29(16-15-28)19-23(31)33-25(4,5)6;23-21(24,22(25,26)20(35)36)17(30)11-15-1-3-16(4-2-15)12-27-5-7-28(13-18(31)32)9-10-29(8-6-27)14-19(33)34;1-17(2,3)24-15(22)13-20-9-7-19-8-10-21(12-11-20)14-16(23)25-18(4,5)6;8-5-6-1-3-7(4-2-6)9(10)11;5-3(6)1(9)11-2(10)4(3,7)8/h7-10H,11-19,26H2,1-6H3;1-4H,5-14H2,(H,31,32)(H,33,34)(H,35,36);19H,7-14H2,1-6H3;1-4H,5H2;. The van der Waals surface area contributed by atoms with E-state index in [2.05, 4.69) is 50.5 Å². The number of ketones is 1. The first kappa shape index (κ1) is 102. The van der Waals surface area contributed by atoms with Gasteiger partial charge in [0.15, 0.2) is 0 Å². The van der Waals surface area contributed by atoms with Crippen LogP contribution in [0.3, 0.4) is 0 Å². The summed E-state index contributed by atoms with van der Waals surface area (Å²) in [5, 5.41) is 40.8. The molecule has 31 nitrogen and oxygen atoms in total. The lowest BCUT2D eigenvalue weighted by atomic mass is 9.99. The lowest BCUT2D eigenvalue weighted by Gasteiger charge is -2.27. The number of nitrogens with two attached hydrogens (primary N) is 1. The average Bonchev–Trinajstić information content (AvgIpc) is 1.56. The number of carbonyl (C=O) groups is 10. The van der Waals surface area contributed by atoms with E-state index in [1.165, 1.54) is 42.0 Å². The Morgan fingerprint density at radius 1 is 0.448 bits per heavy atom. The minimum atomic E-state index is -5.53. The molecule has 4 aliphatic rings. The molecule has 652 valence electrons. The van der Waals surface area contributed by atoms with Gasteiger partial charge < -0.3 is 50.1 Å². The van der Waals surface area contributed by atoms with Crippen molar-refractivity contribution in [3.05, 3.63) is 105 Å². The number of carbonyl (C=O) groups excluding carboxylic acids is 7. The Morgan fingerprint density at radius 2 is 0.716 bits per heavy atom. The number of non-ortho nitro benzene ring substituents is 1. The van der Waals surface area contributed by atoms with Crippen LogP contribution in [0.25, 0.3) is 0 Å². The number of nitrogens with zero attached hydrogens (tertiary/aromatic N) is 9. The predicted octanol–water partition coefficient (Wildman–Crippen LogP) is 6.82. The van der Waals surface area contributed by atoms with Crippen LogP contribution in [0.2, 0.25) is 0 Å². The summed E-state index contributed by atoms with van der Waals surface area (Å²) in [6, 6.07) is 20.0. The molecule has 3 aromatic rings. The number of nitro groups is 1. The SMILES string of the molecule is CC(C)(C)OC(=O)CN1CCN(CC(=O)OC(C)(C)C)CCN(Cc2ccc(N)cc2)CC1.CC(C)(C)OC(=O)CN1CCNCCN(CC(=O)OC(C)(C)C)CC1.O=C(O)CN1CCN(CC(=O)O)CCN(Cc2ccc(CC(=O)C(F)(F)C(F)(F)C(=O)O)cc2)CC1.O=C1OC(=O)C(F)(F)C1(F)F.O=[N+]([O-])c1ccc(CBr)cc1. The Hall–Kier alpha value is -8.48. The molecule has 4 fully saturated rings. The number of rotatable bonds is 23. The smallest absolute Gasteiger partial charge is 0.416 e. The van der Waals surface area contributed by atoms with Crippen LogP contribution in [-0.4, -0.2) is 322 Å². The van der Waals surface area contributed by atoms with Gasteiger partial charge in [-0.05, 0) is 117 Å². The van der Waals surface area contributed by atoms with Crippen molar-refractivity contribution in [2.24, 2.45) is 0 Å². The fraction of sp³-hybridized carbons (Fsp3) is 0.632. The van der Waals surface area contributed by atoms with Gasteiger partial charge in [0.2, 0.25) is 5.78 Å². The number of Topliss-reactive ketones (excluding diaryl/α,β-unsaturated/α-hetero) is 1. The van der Waals surface area contributed by atoms with Gasteiger partial charge in [-0.1, -0.05) is 64.5 Å². The number of aliphatic carboxylic acids is 3. The molecular weight excluding hydrogens is 1620 g/mol. The van der Waals surface area contributed by atoms with Gasteiger partial charge >= 0.3 is 77.4 Å². The molecule has 4 saturated heterocycles. The van der Waals surface area contributed by atoms with Crippen LogP contribution in [-0.2, 0) is 96.5 Å². The highest BCUT2D eigenvalue weighted by molar-refractivity contribution is 9.08. The summed E-state index contributed by atoms with van der Waals surface area (Å²) < 4.78 is 126. The summed E-state index contributed by atoms with van der Waals surface area (Å²) in [6.45, 7) is 35.7. The molecule has 0 atom stereocenters. The Balaban J connectivity index is 0.000000400. The second kappa shape index (κ2) is 46.0. The molecule has 6 N–H and O–H groups in total. The number of carboxylic acid groups (broad SMARTS) is 3. The normalized spacial score (nSPS) is 17.8. The van der Waals surface area contributed by atoms with Gasteiger partial charge in [-0.3, -0.25) is 82.9 Å². The van der Waals surface area contributed by atoms with E-state index in [-0.39, 0.29) is 74.4 Å². The second-order valence-corrected chi connectivity index (χ2v) is 32.1. The molecule has 4 heterocycles. The van der Waals surface area contributed by atoms with Crippen molar-refractivity contribution in [3.8, 4) is 0 Å². The zero-order chi connectivity index (χ0) is 88.0. The number of ether oxygens (including phenoxy) is 5. The summed E-state index contributed by atoms with van der Waals surface area (Å²) in [7, 11) is 0. The highest BCUT2D eigenvalue weighted by Crippen LogP contribution is 2.41. The third-order valence-corrected chi connectivity index (χ3v) is 17.4.